The molecule has 0 saturated carbocycles. The van der Waals surface area contributed by atoms with Crippen molar-refractivity contribution < 1.29 is 4.79 Å². The van der Waals surface area contributed by atoms with E-state index >= 15 is 0 Å². The zero-order chi connectivity index (χ0) is 9.14. The minimum absolute atomic E-state index is 0.00218. The van der Waals surface area contributed by atoms with Crippen molar-refractivity contribution in [1.29, 1.82) is 0 Å². The molecule has 1 heterocycles. The molecule has 2 N–H and O–H groups in total. The summed E-state index contributed by atoms with van der Waals surface area (Å²) in [6.45, 7) is 5.58. The number of amides is 1. The Bertz CT molecular complexity index is 278. The molecule has 1 aromatic rings. The van der Waals surface area contributed by atoms with Crippen LogP contribution in [0.15, 0.2) is 6.20 Å². The lowest BCUT2D eigenvalue weighted by atomic mass is 10.2. The molecule has 1 amide bonds. The fraction of sp³-hybridized carbons (Fsp3) is 0.500. The Morgan fingerprint density at radius 3 is 2.75 bits per heavy atom. The Balaban J connectivity index is 2.64. The first kappa shape index (κ1) is 8.77. The molecule has 0 spiro atoms. The number of nitrogens with zero attached hydrogens (tertiary/aromatic N) is 1. The van der Waals surface area contributed by atoms with Gasteiger partial charge in [0.05, 0.1) is 6.20 Å². The normalized spacial score (nSPS) is 10.3. The fourth-order valence-corrected chi connectivity index (χ4v) is 0.740. The highest BCUT2D eigenvalue weighted by Crippen LogP contribution is 2.09. The van der Waals surface area contributed by atoms with Gasteiger partial charge in [-0.3, -0.25) is 9.89 Å². The van der Waals surface area contributed by atoms with Crippen LogP contribution < -0.4 is 5.32 Å². The number of carbonyl (C=O) groups is 1. The van der Waals surface area contributed by atoms with Crippen molar-refractivity contribution in [2.75, 3.05) is 5.32 Å². The van der Waals surface area contributed by atoms with E-state index in [9.17, 15) is 4.79 Å². The van der Waals surface area contributed by atoms with Crippen LogP contribution in [0.25, 0.3) is 0 Å². The molecule has 0 aliphatic heterocycles. The maximum atomic E-state index is 11.2. The molecule has 0 bridgehead atoms. The number of H-pyrrole nitrogens is 1. The molecule has 66 valence electrons. The Morgan fingerprint density at radius 2 is 2.33 bits per heavy atom. The molecule has 0 saturated heterocycles. The number of aromatic amines is 1. The van der Waals surface area contributed by atoms with Crippen molar-refractivity contribution >= 4 is 11.7 Å². The van der Waals surface area contributed by atoms with Gasteiger partial charge in [0.2, 0.25) is 5.91 Å². The van der Waals surface area contributed by atoms with E-state index in [1.165, 1.54) is 0 Å². The van der Waals surface area contributed by atoms with Gasteiger partial charge in [0.25, 0.3) is 0 Å². The Labute approximate surface area is 71.4 Å². The quantitative estimate of drug-likeness (QED) is 0.697. The van der Waals surface area contributed by atoms with E-state index in [-0.39, 0.29) is 11.8 Å². The highest BCUT2D eigenvalue weighted by molar-refractivity contribution is 5.91. The molecule has 0 aliphatic carbocycles. The number of carbonyl (C=O) groups excluding carboxylic acids is 1. The number of hydrogen-bond donors (Lipinski definition) is 2. The zero-order valence-electron chi connectivity index (χ0n) is 7.51. The van der Waals surface area contributed by atoms with Gasteiger partial charge in [0, 0.05) is 11.5 Å². The summed E-state index contributed by atoms with van der Waals surface area (Å²) in [5.41, 5.74) is 0.948. The van der Waals surface area contributed by atoms with Crippen molar-refractivity contribution in [1.82, 2.24) is 10.2 Å². The van der Waals surface area contributed by atoms with Crippen LogP contribution in [0.3, 0.4) is 0 Å². The van der Waals surface area contributed by atoms with Gasteiger partial charge in [0.15, 0.2) is 0 Å². The highest BCUT2D eigenvalue weighted by atomic mass is 16.1. The Morgan fingerprint density at radius 1 is 1.67 bits per heavy atom. The van der Waals surface area contributed by atoms with Crippen molar-refractivity contribution in [2.45, 2.75) is 20.8 Å². The molecule has 0 aromatic carbocycles. The second-order valence-corrected chi connectivity index (χ2v) is 3.07. The molecule has 0 unspecified atom stereocenters. The third kappa shape index (κ3) is 1.84. The summed E-state index contributed by atoms with van der Waals surface area (Å²) in [6.07, 6.45) is 1.68. The summed E-state index contributed by atoms with van der Waals surface area (Å²) in [6, 6.07) is 0. The van der Waals surface area contributed by atoms with Crippen LogP contribution in [0, 0.1) is 12.8 Å². The van der Waals surface area contributed by atoms with E-state index in [2.05, 4.69) is 15.5 Å². The summed E-state index contributed by atoms with van der Waals surface area (Å²) >= 11 is 0. The summed E-state index contributed by atoms with van der Waals surface area (Å²) in [7, 11) is 0. The zero-order valence-corrected chi connectivity index (χ0v) is 7.51. The number of hydrogen-bond acceptors (Lipinski definition) is 2. The van der Waals surface area contributed by atoms with Crippen LogP contribution in [0.4, 0.5) is 5.82 Å². The van der Waals surface area contributed by atoms with Gasteiger partial charge in [0.1, 0.15) is 5.82 Å². The monoisotopic (exact) mass is 167 g/mol. The Hall–Kier alpha value is -1.32. The predicted octanol–water partition coefficient (Wildman–Crippen LogP) is 1.31. The average molecular weight is 167 g/mol. The molecule has 0 radical (unpaired) electrons. The van der Waals surface area contributed by atoms with Crippen molar-refractivity contribution in [3.05, 3.63) is 11.8 Å². The summed E-state index contributed by atoms with van der Waals surface area (Å²) in [4.78, 5) is 11.2. The van der Waals surface area contributed by atoms with Crippen molar-refractivity contribution in [3.63, 3.8) is 0 Å². The maximum absolute atomic E-state index is 11.2. The number of anilines is 1. The van der Waals surface area contributed by atoms with Gasteiger partial charge in [-0.25, -0.2) is 0 Å². The molecule has 0 atom stereocenters. The van der Waals surface area contributed by atoms with Crippen LogP contribution in [0.1, 0.15) is 19.4 Å². The molecule has 4 heteroatoms. The van der Waals surface area contributed by atoms with Crippen LogP contribution >= 0.6 is 0 Å². The standard InChI is InChI=1S/C8H13N3O/c1-5(2)8(12)10-7-6(3)4-9-11-7/h4-5H,1-3H3,(H2,9,10,11,12). The molecular weight excluding hydrogens is 154 g/mol. The molecule has 1 aromatic heterocycles. The van der Waals surface area contributed by atoms with E-state index in [4.69, 9.17) is 0 Å². The lowest BCUT2D eigenvalue weighted by Crippen LogP contribution is -2.18. The van der Waals surface area contributed by atoms with Crippen molar-refractivity contribution in [2.24, 2.45) is 5.92 Å². The molecule has 1 rings (SSSR count). The van der Waals surface area contributed by atoms with Gasteiger partial charge in [-0.1, -0.05) is 13.8 Å². The fourth-order valence-electron chi connectivity index (χ4n) is 0.740. The lowest BCUT2D eigenvalue weighted by molar-refractivity contribution is -0.118. The number of rotatable bonds is 2. The first-order chi connectivity index (χ1) is 5.61. The summed E-state index contributed by atoms with van der Waals surface area (Å²) in [5, 5.41) is 9.24. The molecule has 0 aliphatic rings. The van der Waals surface area contributed by atoms with Crippen molar-refractivity contribution in [3.8, 4) is 0 Å². The van der Waals surface area contributed by atoms with Crippen LogP contribution in [0.5, 0.6) is 0 Å². The van der Waals surface area contributed by atoms with E-state index in [0.29, 0.717) is 5.82 Å². The third-order valence-electron chi connectivity index (χ3n) is 1.60. The van der Waals surface area contributed by atoms with Gasteiger partial charge >= 0.3 is 0 Å². The molecule has 4 nitrogen and oxygen atoms in total. The molecule has 0 fully saturated rings. The molecule has 12 heavy (non-hydrogen) atoms. The summed E-state index contributed by atoms with van der Waals surface area (Å²) < 4.78 is 0. The Kier molecular flexibility index (Phi) is 2.47. The van der Waals surface area contributed by atoms with Gasteiger partial charge < -0.3 is 5.32 Å². The second-order valence-electron chi connectivity index (χ2n) is 3.07. The average Bonchev–Trinajstić information content (AvgIpc) is 2.36. The van der Waals surface area contributed by atoms with E-state index in [0.717, 1.165) is 5.56 Å². The predicted molar refractivity (Wildman–Crippen MR) is 46.8 cm³/mol. The van der Waals surface area contributed by atoms with Gasteiger partial charge in [-0.2, -0.15) is 5.10 Å². The van der Waals surface area contributed by atoms with E-state index < -0.39 is 0 Å². The van der Waals surface area contributed by atoms with Crippen LogP contribution in [0.2, 0.25) is 0 Å². The smallest absolute Gasteiger partial charge is 0.228 e. The topological polar surface area (TPSA) is 57.8 Å². The number of nitrogens with one attached hydrogen (secondary N) is 2. The number of aromatic nitrogens is 2. The SMILES string of the molecule is Cc1cn[nH]c1NC(=O)C(C)C. The van der Waals surface area contributed by atoms with E-state index in [1.54, 1.807) is 6.20 Å². The van der Waals surface area contributed by atoms with E-state index in [1.807, 2.05) is 20.8 Å². The number of aryl methyl sites for hydroxylation is 1. The third-order valence-corrected chi connectivity index (χ3v) is 1.60. The highest BCUT2D eigenvalue weighted by Gasteiger charge is 2.08. The minimum Gasteiger partial charge on any atom is -0.311 e. The first-order valence-electron chi connectivity index (χ1n) is 3.92. The first-order valence-corrected chi connectivity index (χ1v) is 3.92. The molecular formula is C8H13N3O. The second kappa shape index (κ2) is 3.38. The van der Waals surface area contributed by atoms with Gasteiger partial charge in [-0.15, -0.1) is 0 Å². The van der Waals surface area contributed by atoms with Crippen LogP contribution in [-0.4, -0.2) is 16.1 Å². The maximum Gasteiger partial charge on any atom is 0.228 e. The van der Waals surface area contributed by atoms with Crippen LogP contribution in [-0.2, 0) is 4.79 Å². The van der Waals surface area contributed by atoms with Gasteiger partial charge in [-0.05, 0) is 6.92 Å². The largest absolute Gasteiger partial charge is 0.311 e. The lowest BCUT2D eigenvalue weighted by Gasteiger charge is -2.05. The summed E-state index contributed by atoms with van der Waals surface area (Å²) in [5.74, 6) is 0.684. The minimum atomic E-state index is -0.00676.